The summed E-state index contributed by atoms with van der Waals surface area (Å²) < 4.78 is 38.9. The van der Waals surface area contributed by atoms with Crippen LogP contribution < -0.4 is 10.1 Å². The molecule has 1 aliphatic rings. The minimum atomic E-state index is -3.58. The molecule has 1 aliphatic heterocycles. The Morgan fingerprint density at radius 1 is 1.15 bits per heavy atom. The number of sulfonamides is 1. The summed E-state index contributed by atoms with van der Waals surface area (Å²) in [4.78, 5) is 12.6. The average Bonchev–Trinajstić information content (AvgIpc) is 3.32. The van der Waals surface area contributed by atoms with Crippen molar-refractivity contribution in [1.82, 2.24) is 24.5 Å². The molecule has 11 nitrogen and oxygen atoms in total. The van der Waals surface area contributed by atoms with E-state index in [2.05, 4.69) is 20.8 Å². The third kappa shape index (κ3) is 5.33. The molecule has 0 aliphatic carbocycles. The highest BCUT2D eigenvalue weighted by molar-refractivity contribution is 7.99. The molecule has 4 rings (SSSR count). The van der Waals surface area contributed by atoms with Gasteiger partial charge in [-0.15, -0.1) is 5.10 Å². The Morgan fingerprint density at radius 2 is 1.88 bits per heavy atom. The largest absolute Gasteiger partial charge is 0.494 e. The summed E-state index contributed by atoms with van der Waals surface area (Å²) in [5.74, 6) is 0.380. The first kappa shape index (κ1) is 23.2. The number of thioether (sulfide) groups is 1. The Balaban J connectivity index is 1.37. The van der Waals surface area contributed by atoms with Crippen LogP contribution in [0.1, 0.15) is 0 Å². The number of ether oxygens (including phenoxy) is 2. The van der Waals surface area contributed by atoms with Crippen molar-refractivity contribution in [2.45, 2.75) is 10.1 Å². The van der Waals surface area contributed by atoms with Gasteiger partial charge in [-0.25, -0.2) is 8.42 Å². The van der Waals surface area contributed by atoms with E-state index in [0.717, 1.165) is 0 Å². The maximum absolute atomic E-state index is 12.7. The van der Waals surface area contributed by atoms with Crippen LogP contribution in [0.25, 0.3) is 5.69 Å². The number of carbonyl (C=O) groups excluding carboxylic acids is 1. The number of nitrogens with zero attached hydrogens (tertiary/aromatic N) is 5. The molecule has 0 atom stereocenters. The zero-order chi connectivity index (χ0) is 23.3. The van der Waals surface area contributed by atoms with Crippen molar-refractivity contribution in [1.29, 1.82) is 0 Å². The molecule has 13 heteroatoms. The maximum atomic E-state index is 12.7. The minimum Gasteiger partial charge on any atom is -0.494 e. The number of aromatic nitrogens is 4. The number of benzene rings is 2. The quantitative estimate of drug-likeness (QED) is 0.466. The van der Waals surface area contributed by atoms with Crippen LogP contribution >= 0.6 is 11.8 Å². The first-order valence-electron chi connectivity index (χ1n) is 10.0. The molecule has 0 spiro atoms. The van der Waals surface area contributed by atoms with Crippen molar-refractivity contribution in [2.24, 2.45) is 0 Å². The lowest BCUT2D eigenvalue weighted by Crippen LogP contribution is -2.40. The Hall–Kier alpha value is -3.00. The topological polar surface area (TPSA) is 129 Å². The molecule has 0 saturated carbocycles. The summed E-state index contributed by atoms with van der Waals surface area (Å²) in [5, 5.41) is 14.8. The lowest BCUT2D eigenvalue weighted by Gasteiger charge is -2.26. The highest BCUT2D eigenvalue weighted by Gasteiger charge is 2.26. The second-order valence-corrected chi connectivity index (χ2v) is 9.80. The number of morpholine rings is 1. The second-order valence-electron chi connectivity index (χ2n) is 6.92. The number of amides is 1. The van der Waals surface area contributed by atoms with Gasteiger partial charge < -0.3 is 14.8 Å². The summed E-state index contributed by atoms with van der Waals surface area (Å²) in [6.45, 7) is 1.41. The van der Waals surface area contributed by atoms with E-state index in [-0.39, 0.29) is 16.6 Å². The van der Waals surface area contributed by atoms with E-state index in [1.807, 2.05) is 18.2 Å². The molecule has 0 unspecified atom stereocenters. The average molecular weight is 491 g/mol. The van der Waals surface area contributed by atoms with E-state index in [1.165, 1.54) is 32.9 Å². The molecule has 1 amide bonds. The Kier molecular flexibility index (Phi) is 7.23. The third-order valence-electron chi connectivity index (χ3n) is 4.83. The normalized spacial score (nSPS) is 14.7. The molecule has 1 saturated heterocycles. The van der Waals surface area contributed by atoms with Crippen LogP contribution in [0.5, 0.6) is 5.75 Å². The van der Waals surface area contributed by atoms with Crippen LogP contribution in [-0.4, -0.2) is 78.0 Å². The van der Waals surface area contributed by atoms with Gasteiger partial charge >= 0.3 is 0 Å². The number of hydrogen-bond donors (Lipinski definition) is 1. The second kappa shape index (κ2) is 10.3. The van der Waals surface area contributed by atoms with Crippen molar-refractivity contribution in [2.75, 3.05) is 44.5 Å². The smallest absolute Gasteiger partial charge is 0.243 e. The van der Waals surface area contributed by atoms with Crippen molar-refractivity contribution >= 4 is 33.4 Å². The Labute approximate surface area is 195 Å². The number of tetrazole rings is 1. The molecule has 2 heterocycles. The highest BCUT2D eigenvalue weighted by Crippen LogP contribution is 2.26. The van der Waals surface area contributed by atoms with Gasteiger partial charge in [0.25, 0.3) is 0 Å². The molecule has 3 aromatic rings. The molecular formula is C20H22N6O5S2. The fraction of sp³-hybridized carbons (Fsp3) is 0.300. The number of anilines is 1. The Morgan fingerprint density at radius 3 is 2.61 bits per heavy atom. The van der Waals surface area contributed by atoms with Crippen LogP contribution in [0.3, 0.4) is 0 Å². The summed E-state index contributed by atoms with van der Waals surface area (Å²) in [6, 6.07) is 13.4. The van der Waals surface area contributed by atoms with Gasteiger partial charge in [0.2, 0.25) is 21.1 Å². The van der Waals surface area contributed by atoms with Gasteiger partial charge in [0, 0.05) is 18.8 Å². The molecule has 1 aromatic heterocycles. The standard InChI is InChI=1S/C20H22N6O5S2/c1-30-18-5-3-2-4-17(18)26-20(22-23-24-26)32-14-19(27)21-15-6-8-16(9-7-15)33(28,29)25-10-12-31-13-11-25/h2-9H,10-14H2,1H3,(H,21,27). The third-order valence-corrected chi connectivity index (χ3v) is 7.66. The molecule has 0 radical (unpaired) electrons. The van der Waals surface area contributed by atoms with Gasteiger partial charge in [-0.05, 0) is 46.8 Å². The molecule has 1 N–H and O–H groups in total. The van der Waals surface area contributed by atoms with E-state index in [1.54, 1.807) is 25.3 Å². The molecule has 2 aromatic carbocycles. The van der Waals surface area contributed by atoms with E-state index in [9.17, 15) is 13.2 Å². The maximum Gasteiger partial charge on any atom is 0.243 e. The van der Waals surface area contributed by atoms with Crippen LogP contribution in [0.15, 0.2) is 58.6 Å². The van der Waals surface area contributed by atoms with E-state index >= 15 is 0 Å². The summed E-state index contributed by atoms with van der Waals surface area (Å²) in [6.07, 6.45) is 0. The first-order chi connectivity index (χ1) is 16.0. The lowest BCUT2D eigenvalue weighted by molar-refractivity contribution is -0.113. The van der Waals surface area contributed by atoms with Crippen molar-refractivity contribution in [3.63, 3.8) is 0 Å². The molecular weight excluding hydrogens is 468 g/mol. The molecule has 33 heavy (non-hydrogen) atoms. The Bertz CT molecular complexity index is 1210. The number of rotatable bonds is 8. The van der Waals surface area contributed by atoms with Gasteiger partial charge in [-0.1, -0.05) is 23.9 Å². The molecule has 0 bridgehead atoms. The number of hydrogen-bond acceptors (Lipinski definition) is 9. The monoisotopic (exact) mass is 490 g/mol. The zero-order valence-corrected chi connectivity index (χ0v) is 19.4. The first-order valence-corrected chi connectivity index (χ1v) is 12.4. The van der Waals surface area contributed by atoms with Gasteiger partial charge in [0.1, 0.15) is 11.4 Å². The summed E-state index contributed by atoms with van der Waals surface area (Å²) >= 11 is 1.17. The number of carbonyl (C=O) groups is 1. The summed E-state index contributed by atoms with van der Waals surface area (Å²) in [5.41, 5.74) is 1.15. The highest BCUT2D eigenvalue weighted by atomic mass is 32.2. The lowest BCUT2D eigenvalue weighted by atomic mass is 10.3. The van der Waals surface area contributed by atoms with Crippen LogP contribution in [0.2, 0.25) is 0 Å². The van der Waals surface area contributed by atoms with Crippen molar-refractivity contribution in [3.8, 4) is 11.4 Å². The molecule has 174 valence electrons. The predicted octanol–water partition coefficient (Wildman–Crippen LogP) is 1.42. The number of methoxy groups -OCH3 is 1. The van der Waals surface area contributed by atoms with Gasteiger partial charge in [-0.3, -0.25) is 4.79 Å². The van der Waals surface area contributed by atoms with E-state index in [0.29, 0.717) is 48.6 Å². The van der Waals surface area contributed by atoms with Gasteiger partial charge in [0.15, 0.2) is 0 Å². The van der Waals surface area contributed by atoms with Crippen LogP contribution in [0, 0.1) is 0 Å². The van der Waals surface area contributed by atoms with Crippen molar-refractivity contribution < 1.29 is 22.7 Å². The molecule has 1 fully saturated rings. The summed E-state index contributed by atoms with van der Waals surface area (Å²) in [7, 11) is -2.03. The minimum absolute atomic E-state index is 0.0589. The SMILES string of the molecule is COc1ccccc1-n1nnnc1SCC(=O)Nc1ccc(S(=O)(=O)N2CCOCC2)cc1. The van der Waals surface area contributed by atoms with Gasteiger partial charge in [-0.2, -0.15) is 8.99 Å². The van der Waals surface area contributed by atoms with Crippen LogP contribution in [0.4, 0.5) is 5.69 Å². The predicted molar refractivity (Wildman–Crippen MR) is 121 cm³/mol. The van der Waals surface area contributed by atoms with Crippen molar-refractivity contribution in [3.05, 3.63) is 48.5 Å². The fourth-order valence-electron chi connectivity index (χ4n) is 3.20. The van der Waals surface area contributed by atoms with E-state index < -0.39 is 10.0 Å². The number of nitrogens with one attached hydrogen (secondary N) is 1. The van der Waals surface area contributed by atoms with Crippen LogP contribution in [-0.2, 0) is 19.6 Å². The number of para-hydroxylation sites is 2. The fourth-order valence-corrected chi connectivity index (χ4v) is 5.29. The van der Waals surface area contributed by atoms with Gasteiger partial charge in [0.05, 0.1) is 31.0 Å². The van der Waals surface area contributed by atoms with E-state index in [4.69, 9.17) is 9.47 Å². The zero-order valence-electron chi connectivity index (χ0n) is 17.7.